The van der Waals surface area contributed by atoms with Crippen LogP contribution >= 0.6 is 0 Å². The highest BCUT2D eigenvalue weighted by atomic mass is 16.7. The van der Waals surface area contributed by atoms with Gasteiger partial charge in [0.15, 0.2) is 12.4 Å². The first-order valence-electron chi connectivity index (χ1n) is 10.7. The summed E-state index contributed by atoms with van der Waals surface area (Å²) in [7, 11) is 0. The van der Waals surface area contributed by atoms with Gasteiger partial charge in [-0.2, -0.15) is 0 Å². The minimum Gasteiger partial charge on any atom is -0.387 e. The third kappa shape index (κ3) is 8.94. The number of rotatable bonds is 14. The summed E-state index contributed by atoms with van der Waals surface area (Å²) in [5.74, 6) is -2.91. The molecule has 0 aromatic carbocycles. The molecule has 0 radical (unpaired) electrons. The maximum atomic E-state index is 12.6. The lowest BCUT2D eigenvalue weighted by Gasteiger charge is -2.39. The lowest BCUT2D eigenvalue weighted by molar-refractivity contribution is -0.290. The highest BCUT2D eigenvalue weighted by Gasteiger charge is 2.47. The number of hydrogen-bond donors (Lipinski definition) is 8. The Morgan fingerprint density at radius 1 is 0.938 bits per heavy atom. The summed E-state index contributed by atoms with van der Waals surface area (Å²) in [6.45, 7) is 2.32. The first-order chi connectivity index (χ1) is 15.3. The molecule has 8 N–H and O–H groups in total. The van der Waals surface area contributed by atoms with Gasteiger partial charge in [0.05, 0.1) is 0 Å². The van der Waals surface area contributed by atoms with Crippen molar-refractivity contribution < 1.29 is 49.6 Å². The molecule has 0 aliphatic carbocycles. The van der Waals surface area contributed by atoms with Crippen LogP contribution in [0.3, 0.4) is 0 Å². The normalized spacial score (nSPS) is 26.2. The fourth-order valence-corrected chi connectivity index (χ4v) is 3.22. The van der Waals surface area contributed by atoms with Crippen LogP contribution in [-0.4, -0.2) is 86.8 Å². The molecule has 0 spiro atoms. The Bertz CT molecular complexity index is 594. The molecule has 0 aromatic rings. The Morgan fingerprint density at radius 2 is 1.59 bits per heavy atom. The van der Waals surface area contributed by atoms with Gasteiger partial charge in [-0.3, -0.25) is 24.8 Å². The summed E-state index contributed by atoms with van der Waals surface area (Å²) in [6.07, 6.45) is -2.93. The third-order valence-electron chi connectivity index (χ3n) is 5.14. The SMILES string of the molecule is CCCCCCCCO[C@@H]1O[C@H](C(=O)NC(CCC(=O)NO)C(=O)NO)[C@@H](O)[C@H](O)[C@H]1O. The van der Waals surface area contributed by atoms with Gasteiger partial charge in [0.25, 0.3) is 11.8 Å². The molecule has 1 saturated heterocycles. The van der Waals surface area contributed by atoms with E-state index >= 15 is 0 Å². The Kier molecular flexibility index (Phi) is 13.2. The van der Waals surface area contributed by atoms with E-state index in [9.17, 15) is 29.7 Å². The Labute approximate surface area is 186 Å². The summed E-state index contributed by atoms with van der Waals surface area (Å²) in [4.78, 5) is 35.5. The molecular formula is C19H35N3O10. The Balaban J connectivity index is 2.67. The average molecular weight is 466 g/mol. The summed E-state index contributed by atoms with van der Waals surface area (Å²) in [5.41, 5.74) is 2.71. The van der Waals surface area contributed by atoms with Gasteiger partial charge >= 0.3 is 0 Å². The topological polar surface area (TPSA) is 207 Å². The van der Waals surface area contributed by atoms with Gasteiger partial charge in [-0.15, -0.1) is 0 Å². The molecule has 0 aromatic heterocycles. The predicted octanol–water partition coefficient (Wildman–Crippen LogP) is -1.55. The van der Waals surface area contributed by atoms with E-state index < -0.39 is 54.5 Å². The zero-order chi connectivity index (χ0) is 24.1. The first-order valence-corrected chi connectivity index (χ1v) is 10.7. The van der Waals surface area contributed by atoms with Crippen LogP contribution in [0.25, 0.3) is 0 Å². The molecule has 13 nitrogen and oxygen atoms in total. The molecule has 1 fully saturated rings. The number of aliphatic hydroxyl groups excluding tert-OH is 3. The molecule has 3 amide bonds. The van der Waals surface area contributed by atoms with Crippen molar-refractivity contribution in [2.75, 3.05) is 6.61 Å². The van der Waals surface area contributed by atoms with E-state index in [0.717, 1.165) is 32.1 Å². The minimum atomic E-state index is -1.82. The smallest absolute Gasteiger partial charge is 0.265 e. The van der Waals surface area contributed by atoms with Crippen molar-refractivity contribution in [2.45, 2.75) is 95.0 Å². The molecular weight excluding hydrogens is 430 g/mol. The molecule has 6 atom stereocenters. The zero-order valence-electron chi connectivity index (χ0n) is 18.1. The van der Waals surface area contributed by atoms with Crippen molar-refractivity contribution in [3.8, 4) is 0 Å². The Morgan fingerprint density at radius 3 is 2.22 bits per heavy atom. The van der Waals surface area contributed by atoms with E-state index in [1.165, 1.54) is 11.0 Å². The van der Waals surface area contributed by atoms with Gasteiger partial charge < -0.3 is 30.1 Å². The second-order valence-corrected chi connectivity index (χ2v) is 7.65. The average Bonchev–Trinajstić information content (AvgIpc) is 2.79. The summed E-state index contributed by atoms with van der Waals surface area (Å²) in [5, 5.41) is 49.9. The number of ether oxygens (including phenoxy) is 2. The summed E-state index contributed by atoms with van der Waals surface area (Å²) < 4.78 is 10.8. The molecule has 1 rings (SSSR count). The van der Waals surface area contributed by atoms with E-state index in [2.05, 4.69) is 12.2 Å². The minimum absolute atomic E-state index is 0.205. The van der Waals surface area contributed by atoms with Crippen molar-refractivity contribution >= 4 is 17.7 Å². The van der Waals surface area contributed by atoms with Crippen molar-refractivity contribution in [3.05, 3.63) is 0 Å². The number of carbonyl (C=O) groups excluding carboxylic acids is 3. The monoisotopic (exact) mass is 465 g/mol. The van der Waals surface area contributed by atoms with Crippen molar-refractivity contribution in [1.29, 1.82) is 0 Å². The van der Waals surface area contributed by atoms with Crippen LogP contribution in [0.2, 0.25) is 0 Å². The summed E-state index contributed by atoms with van der Waals surface area (Å²) >= 11 is 0. The largest absolute Gasteiger partial charge is 0.387 e. The number of aliphatic hydroxyl groups is 3. The van der Waals surface area contributed by atoms with Crippen LogP contribution in [0.1, 0.15) is 58.3 Å². The van der Waals surface area contributed by atoms with Gasteiger partial charge in [-0.25, -0.2) is 11.0 Å². The van der Waals surface area contributed by atoms with Gasteiger partial charge in [-0.05, 0) is 12.8 Å². The lowest BCUT2D eigenvalue weighted by Crippen LogP contribution is -2.63. The van der Waals surface area contributed by atoms with Crippen LogP contribution in [0, 0.1) is 0 Å². The molecule has 186 valence electrons. The molecule has 0 bridgehead atoms. The van der Waals surface area contributed by atoms with E-state index in [1.807, 2.05) is 0 Å². The van der Waals surface area contributed by atoms with Crippen LogP contribution in [-0.2, 0) is 23.9 Å². The molecule has 13 heteroatoms. The predicted molar refractivity (Wildman–Crippen MR) is 107 cm³/mol. The fourth-order valence-electron chi connectivity index (χ4n) is 3.22. The van der Waals surface area contributed by atoms with E-state index in [1.54, 1.807) is 0 Å². The van der Waals surface area contributed by atoms with Crippen LogP contribution in [0.5, 0.6) is 0 Å². The van der Waals surface area contributed by atoms with Gasteiger partial charge in [0.1, 0.15) is 24.4 Å². The molecule has 1 heterocycles. The first kappa shape index (κ1) is 28.2. The number of unbranched alkanes of at least 4 members (excludes halogenated alkanes) is 5. The highest BCUT2D eigenvalue weighted by Crippen LogP contribution is 2.23. The van der Waals surface area contributed by atoms with Gasteiger partial charge in [0.2, 0.25) is 5.91 Å². The van der Waals surface area contributed by atoms with Crippen molar-refractivity contribution in [1.82, 2.24) is 16.3 Å². The Hall–Kier alpha value is -1.87. The van der Waals surface area contributed by atoms with Crippen LogP contribution in [0.4, 0.5) is 0 Å². The van der Waals surface area contributed by atoms with E-state index in [4.69, 9.17) is 19.9 Å². The zero-order valence-corrected chi connectivity index (χ0v) is 18.1. The number of nitrogens with one attached hydrogen (secondary N) is 3. The van der Waals surface area contributed by atoms with Crippen LogP contribution < -0.4 is 16.3 Å². The maximum Gasteiger partial charge on any atom is 0.265 e. The van der Waals surface area contributed by atoms with Crippen LogP contribution in [0.15, 0.2) is 0 Å². The molecule has 32 heavy (non-hydrogen) atoms. The van der Waals surface area contributed by atoms with E-state index in [0.29, 0.717) is 6.42 Å². The van der Waals surface area contributed by atoms with Crippen molar-refractivity contribution in [3.63, 3.8) is 0 Å². The lowest BCUT2D eigenvalue weighted by atomic mass is 9.97. The fraction of sp³-hybridized carbons (Fsp3) is 0.842. The molecule has 1 unspecified atom stereocenters. The quantitative estimate of drug-likeness (QED) is 0.0841. The standard InChI is InChI=1S/C19H35N3O10/c1-2-3-4-5-6-7-10-31-19-15(26)13(24)14(25)16(32-19)18(28)20-11(17(27)22-30)8-9-12(23)21-29/h11,13-16,19,24-26,29-30H,2-10H2,1H3,(H,20,28)(H,21,23)(H,22,27)/t11?,13-,14-,15+,16-,19+/m0/s1. The molecule has 1 aliphatic heterocycles. The number of carbonyl (C=O) groups is 3. The van der Waals surface area contributed by atoms with E-state index in [-0.39, 0.29) is 19.4 Å². The number of amides is 3. The molecule has 1 aliphatic rings. The third-order valence-corrected chi connectivity index (χ3v) is 5.14. The summed E-state index contributed by atoms with van der Waals surface area (Å²) in [6, 6.07) is -1.41. The number of hydrogen-bond acceptors (Lipinski definition) is 10. The molecule has 0 saturated carbocycles. The second-order valence-electron chi connectivity index (χ2n) is 7.65. The van der Waals surface area contributed by atoms with Crippen molar-refractivity contribution in [2.24, 2.45) is 0 Å². The van der Waals surface area contributed by atoms with Gasteiger partial charge in [-0.1, -0.05) is 39.0 Å². The second kappa shape index (κ2) is 15.1. The highest BCUT2D eigenvalue weighted by molar-refractivity contribution is 5.89. The maximum absolute atomic E-state index is 12.6. The number of hydroxylamine groups is 2. The van der Waals surface area contributed by atoms with Gasteiger partial charge in [0, 0.05) is 13.0 Å².